The highest BCUT2D eigenvalue weighted by Gasteiger charge is 2.49. The summed E-state index contributed by atoms with van der Waals surface area (Å²) >= 11 is -1.57. The van der Waals surface area contributed by atoms with E-state index < -0.39 is 61.6 Å². The minimum Gasteiger partial charge on any atom is -0.593 e. The Bertz CT molecular complexity index is 1700. The van der Waals surface area contributed by atoms with Gasteiger partial charge in [-0.3, -0.25) is 0 Å². The van der Waals surface area contributed by atoms with Gasteiger partial charge in [-0.25, -0.2) is 9.78 Å². The third-order valence-corrected chi connectivity index (χ3v) is 12.0. The molecule has 0 aliphatic heterocycles. The van der Waals surface area contributed by atoms with Crippen molar-refractivity contribution in [3.05, 3.63) is 58.4 Å². The van der Waals surface area contributed by atoms with Crippen LogP contribution in [0.3, 0.4) is 0 Å². The maximum atomic E-state index is 13.9. The Labute approximate surface area is 316 Å². The van der Waals surface area contributed by atoms with Crippen LogP contribution in [0, 0.1) is 20.8 Å². The van der Waals surface area contributed by atoms with Gasteiger partial charge < -0.3 is 33.4 Å². The van der Waals surface area contributed by atoms with Gasteiger partial charge in [0.25, 0.3) is 0 Å². The second-order valence-corrected chi connectivity index (χ2v) is 23.5. The molecule has 15 heteroatoms. The van der Waals surface area contributed by atoms with E-state index in [1.54, 1.807) is 25.3 Å². The van der Waals surface area contributed by atoms with Gasteiger partial charge in [0, 0.05) is 25.8 Å². The number of nitrogens with zero attached hydrogens (tertiary/aromatic N) is 2. The fraction of sp³-hybridized carbons (Fsp3) is 0.632. The summed E-state index contributed by atoms with van der Waals surface area (Å²) in [7, 11) is -1.44. The first-order valence-corrected chi connectivity index (χ1v) is 23.0. The Morgan fingerprint density at radius 3 is 2.23 bits per heavy atom. The van der Waals surface area contributed by atoms with Crippen molar-refractivity contribution in [1.82, 2.24) is 19.6 Å². The van der Waals surface area contributed by atoms with Crippen LogP contribution < -0.4 is 10.0 Å². The maximum Gasteiger partial charge on any atom is 0.416 e. The minimum atomic E-state index is -4.67. The topological polar surface area (TPSA) is 119 Å². The summed E-state index contributed by atoms with van der Waals surface area (Å²) in [6.07, 6.45) is -3.41. The third-order valence-electron chi connectivity index (χ3n) is 8.78. The van der Waals surface area contributed by atoms with Gasteiger partial charge in [0.15, 0.2) is 10.5 Å². The van der Waals surface area contributed by atoms with Crippen LogP contribution in [0.5, 0.6) is 0 Å². The molecule has 0 bridgehead atoms. The van der Waals surface area contributed by atoms with Gasteiger partial charge >= 0.3 is 12.3 Å². The molecule has 10 nitrogen and oxygen atoms in total. The van der Waals surface area contributed by atoms with Crippen LogP contribution in [0.25, 0.3) is 11.0 Å². The maximum absolute atomic E-state index is 13.9. The summed E-state index contributed by atoms with van der Waals surface area (Å²) < 4.78 is 83.8. The number of fused-ring (bicyclic) bond motifs is 1. The molecule has 1 saturated carbocycles. The van der Waals surface area contributed by atoms with Gasteiger partial charge in [-0.1, -0.05) is 43.4 Å². The molecular formula is C38H57F3N4O6SSi. The van der Waals surface area contributed by atoms with Gasteiger partial charge in [0.05, 0.1) is 41.7 Å². The number of aromatic nitrogens is 2. The van der Waals surface area contributed by atoms with E-state index in [0.717, 1.165) is 55.0 Å². The second-order valence-electron chi connectivity index (χ2n) is 16.7. The second kappa shape index (κ2) is 17.0. The molecule has 53 heavy (non-hydrogen) atoms. The predicted octanol–water partition coefficient (Wildman–Crippen LogP) is 8.73. The first-order chi connectivity index (χ1) is 24.4. The van der Waals surface area contributed by atoms with E-state index in [1.807, 2.05) is 51.1 Å². The van der Waals surface area contributed by atoms with Crippen LogP contribution in [0.1, 0.15) is 87.6 Å². The first kappa shape index (κ1) is 43.1. The predicted molar refractivity (Wildman–Crippen MR) is 204 cm³/mol. The lowest BCUT2D eigenvalue weighted by Gasteiger charge is -2.30. The van der Waals surface area contributed by atoms with E-state index in [4.69, 9.17) is 23.9 Å². The van der Waals surface area contributed by atoms with E-state index in [0.29, 0.717) is 22.5 Å². The molecule has 4 rings (SSSR count). The number of nitrogens with one attached hydrogen (secondary N) is 2. The molecule has 1 aromatic heterocycles. The van der Waals surface area contributed by atoms with Crippen LogP contribution >= 0.6 is 0 Å². The zero-order chi connectivity index (χ0) is 39.5. The Balaban J connectivity index is 1.76. The number of imidazole rings is 1. The van der Waals surface area contributed by atoms with Crippen molar-refractivity contribution < 1.29 is 41.5 Å². The van der Waals surface area contributed by atoms with Crippen LogP contribution in [-0.2, 0) is 37.0 Å². The lowest BCUT2D eigenvalue weighted by Crippen LogP contribution is -2.45. The fourth-order valence-electron chi connectivity index (χ4n) is 5.63. The highest BCUT2D eigenvalue weighted by Crippen LogP contribution is 2.35. The smallest absolute Gasteiger partial charge is 0.416 e. The average molecular weight is 783 g/mol. The standard InChI is InChI=1S/C38H57F3N4O6SSi/c1-24-18-25(2)33(26(3)19-24)52(47)44-30(21-49-28-13-14-28)27-12-15-32-29(20-27)42-34(45(32)23-48-16-17-53(9,10)11)31(43-35(46)51-36(4,5)6)22-50-37(7,8)38(39,40)41/h12,15,18-20,28,30-31,44H,13-14,16-17,21-23H2,1-11H3,(H,43,46)/t30-,31+,52-/m1/s1. The third kappa shape index (κ3) is 12.4. The molecule has 3 atom stereocenters. The van der Waals surface area contributed by atoms with Crippen molar-refractivity contribution in [2.45, 2.75) is 141 Å². The monoisotopic (exact) mass is 782 g/mol. The van der Waals surface area contributed by atoms with Gasteiger partial charge in [-0.15, -0.1) is 4.72 Å². The summed E-state index contributed by atoms with van der Waals surface area (Å²) in [4.78, 5) is 18.7. The zero-order valence-corrected chi connectivity index (χ0v) is 34.8. The molecule has 0 radical (unpaired) electrons. The lowest BCUT2D eigenvalue weighted by molar-refractivity contribution is -0.265. The van der Waals surface area contributed by atoms with Crippen molar-refractivity contribution in [2.75, 3.05) is 19.8 Å². The molecule has 1 heterocycles. The number of hydrogen-bond donors (Lipinski definition) is 2. The number of hydrogen-bond acceptors (Lipinski definition) is 8. The van der Waals surface area contributed by atoms with Crippen molar-refractivity contribution in [3.8, 4) is 0 Å². The van der Waals surface area contributed by atoms with Gasteiger partial charge in [-0.2, -0.15) is 13.2 Å². The van der Waals surface area contributed by atoms with Crippen molar-refractivity contribution in [2.24, 2.45) is 0 Å². The van der Waals surface area contributed by atoms with E-state index in [-0.39, 0.29) is 25.3 Å². The number of benzene rings is 2. The normalized spacial score (nSPS) is 16.1. The van der Waals surface area contributed by atoms with Crippen molar-refractivity contribution >= 4 is 36.6 Å². The molecule has 296 valence electrons. The molecule has 3 aromatic rings. The number of amides is 1. The zero-order valence-electron chi connectivity index (χ0n) is 33.0. The molecule has 1 aliphatic rings. The van der Waals surface area contributed by atoms with Gasteiger partial charge in [0.1, 0.15) is 30.2 Å². The van der Waals surface area contributed by atoms with Crippen LogP contribution in [0.15, 0.2) is 35.2 Å². The molecule has 0 spiro atoms. The summed E-state index contributed by atoms with van der Waals surface area (Å²) in [5.74, 6) is 0.238. The number of alkyl halides is 3. The van der Waals surface area contributed by atoms with E-state index in [2.05, 4.69) is 29.7 Å². The minimum absolute atomic E-state index is 0.0350. The molecule has 1 amide bonds. The summed E-state index contributed by atoms with van der Waals surface area (Å²) in [6, 6.07) is 8.88. The highest BCUT2D eigenvalue weighted by molar-refractivity contribution is 7.89. The Hall–Kier alpha value is -2.66. The number of ether oxygens (including phenoxy) is 4. The number of carbonyl (C=O) groups is 1. The number of alkyl carbamates (subject to hydrolysis) is 1. The molecule has 1 fully saturated rings. The Morgan fingerprint density at radius 2 is 1.66 bits per heavy atom. The van der Waals surface area contributed by atoms with Gasteiger partial charge in [0.2, 0.25) is 0 Å². The summed E-state index contributed by atoms with van der Waals surface area (Å²) in [5.41, 5.74) is 1.45. The van der Waals surface area contributed by atoms with Crippen LogP contribution in [0.2, 0.25) is 25.7 Å². The first-order valence-electron chi connectivity index (χ1n) is 18.1. The molecule has 0 unspecified atom stereocenters. The Kier molecular flexibility index (Phi) is 13.8. The van der Waals surface area contributed by atoms with E-state index in [1.165, 1.54) is 0 Å². The quantitative estimate of drug-likeness (QED) is 0.0794. The summed E-state index contributed by atoms with van der Waals surface area (Å²) in [6.45, 7) is 19.8. The number of halogens is 3. The molecule has 1 aliphatic carbocycles. The fourth-order valence-corrected chi connectivity index (χ4v) is 7.67. The molecule has 2 N–H and O–H groups in total. The molecule has 0 saturated heterocycles. The average Bonchev–Trinajstić information content (AvgIpc) is 3.76. The van der Waals surface area contributed by atoms with Crippen molar-refractivity contribution in [1.29, 1.82) is 0 Å². The molecular weight excluding hydrogens is 726 g/mol. The number of aryl methyl sites for hydroxylation is 3. The number of rotatable bonds is 17. The number of carbonyl (C=O) groups excluding carboxylic acids is 1. The summed E-state index contributed by atoms with van der Waals surface area (Å²) in [5, 5.41) is 2.71. The molecule has 2 aromatic carbocycles. The Morgan fingerprint density at radius 1 is 1.02 bits per heavy atom. The van der Waals surface area contributed by atoms with Gasteiger partial charge in [-0.05, 0) is 92.0 Å². The van der Waals surface area contributed by atoms with Crippen LogP contribution in [-0.4, -0.2) is 71.6 Å². The van der Waals surface area contributed by atoms with E-state index >= 15 is 0 Å². The van der Waals surface area contributed by atoms with Crippen molar-refractivity contribution in [3.63, 3.8) is 0 Å². The largest absolute Gasteiger partial charge is 0.593 e. The lowest BCUT2D eigenvalue weighted by atomic mass is 10.1. The van der Waals surface area contributed by atoms with E-state index in [9.17, 15) is 22.5 Å². The van der Waals surface area contributed by atoms with Crippen LogP contribution in [0.4, 0.5) is 18.0 Å². The highest BCUT2D eigenvalue weighted by atomic mass is 32.2. The SMILES string of the molecule is Cc1cc(C)c([S@@+]([O-])N[C@H](COC2CC2)c2ccc3c(c2)nc([C@H](COC(C)(C)C(F)(F)F)NC(=O)OC(C)(C)C)n3COCC[Si](C)(C)C)c(C)c1.